The Hall–Kier alpha value is -2.49. The van der Waals surface area contributed by atoms with E-state index in [1.807, 2.05) is 20.8 Å². The Labute approximate surface area is 229 Å². The fraction of sp³-hybridized carbons (Fsp3) is 0.462. The third-order valence-electron chi connectivity index (χ3n) is 5.72. The maximum absolute atomic E-state index is 13.5. The molecule has 0 saturated heterocycles. The number of methoxy groups -OCH3 is 1. The van der Waals surface area contributed by atoms with Crippen molar-refractivity contribution in [3.8, 4) is 5.75 Å². The molecule has 8 nitrogen and oxygen atoms in total. The van der Waals surface area contributed by atoms with Crippen LogP contribution >= 0.6 is 23.2 Å². The Morgan fingerprint density at radius 3 is 2.14 bits per heavy atom. The topological polar surface area (TPSA) is 96.0 Å². The number of anilines is 1. The molecule has 0 heterocycles. The van der Waals surface area contributed by atoms with E-state index in [9.17, 15) is 18.0 Å². The van der Waals surface area contributed by atoms with E-state index in [-0.39, 0.29) is 43.8 Å². The maximum Gasteiger partial charge on any atom is 0.243 e. The van der Waals surface area contributed by atoms with Gasteiger partial charge in [-0.25, -0.2) is 8.42 Å². The first-order valence-electron chi connectivity index (χ1n) is 12.0. The lowest BCUT2D eigenvalue weighted by Crippen LogP contribution is -2.50. The van der Waals surface area contributed by atoms with E-state index in [4.69, 9.17) is 27.9 Å². The van der Waals surface area contributed by atoms with Gasteiger partial charge >= 0.3 is 0 Å². The number of rotatable bonds is 13. The minimum Gasteiger partial charge on any atom is -0.497 e. The van der Waals surface area contributed by atoms with Gasteiger partial charge in [0.05, 0.1) is 19.1 Å². The molecule has 2 aromatic rings. The highest BCUT2D eigenvalue weighted by Gasteiger charge is 2.30. The fourth-order valence-corrected chi connectivity index (χ4v) is 5.39. The standard InChI is InChI=1S/C26H35Cl2N3O5S/c1-6-24(26(33)29-18(2)3)30(17-21-22(27)9-7-10-23(21)28)25(32)11-8-16-31(37(5,34)35)19-12-14-20(36-4)15-13-19/h7,9-10,12-15,18,24H,6,8,11,16-17H2,1-5H3,(H,29,33). The van der Waals surface area contributed by atoms with Gasteiger partial charge < -0.3 is 15.0 Å². The van der Waals surface area contributed by atoms with Crippen molar-refractivity contribution in [2.45, 2.75) is 58.7 Å². The van der Waals surface area contributed by atoms with E-state index in [1.165, 1.54) is 16.3 Å². The maximum atomic E-state index is 13.5. The molecule has 0 saturated carbocycles. The Morgan fingerprint density at radius 2 is 1.65 bits per heavy atom. The molecule has 0 aliphatic rings. The molecule has 2 aromatic carbocycles. The first kappa shape index (κ1) is 30.7. The quantitative estimate of drug-likeness (QED) is 0.369. The predicted molar refractivity (Wildman–Crippen MR) is 149 cm³/mol. The van der Waals surface area contributed by atoms with Crippen molar-refractivity contribution in [1.29, 1.82) is 0 Å². The van der Waals surface area contributed by atoms with E-state index in [1.54, 1.807) is 42.5 Å². The van der Waals surface area contributed by atoms with Gasteiger partial charge in [-0.2, -0.15) is 0 Å². The van der Waals surface area contributed by atoms with Crippen LogP contribution < -0.4 is 14.4 Å². The van der Waals surface area contributed by atoms with Gasteiger partial charge in [-0.05, 0) is 63.1 Å². The van der Waals surface area contributed by atoms with Crippen LogP contribution in [0.3, 0.4) is 0 Å². The molecule has 0 aliphatic heterocycles. The van der Waals surface area contributed by atoms with Crippen molar-refractivity contribution in [3.05, 3.63) is 58.1 Å². The van der Waals surface area contributed by atoms with Crippen LogP contribution in [0.25, 0.3) is 0 Å². The van der Waals surface area contributed by atoms with Gasteiger partial charge in [-0.15, -0.1) is 0 Å². The van der Waals surface area contributed by atoms with Crippen LogP contribution in [0.4, 0.5) is 5.69 Å². The second-order valence-electron chi connectivity index (χ2n) is 8.95. The molecule has 0 spiro atoms. The highest BCUT2D eigenvalue weighted by Crippen LogP contribution is 2.28. The molecule has 0 aromatic heterocycles. The number of nitrogens with zero attached hydrogens (tertiary/aromatic N) is 2. The predicted octanol–water partition coefficient (Wildman–Crippen LogP) is 4.88. The van der Waals surface area contributed by atoms with Gasteiger partial charge in [-0.1, -0.05) is 36.2 Å². The number of amides is 2. The summed E-state index contributed by atoms with van der Waals surface area (Å²) in [6.07, 6.45) is 1.77. The molecule has 0 fully saturated rings. The van der Waals surface area contributed by atoms with Crippen molar-refractivity contribution in [2.75, 3.05) is 24.2 Å². The van der Waals surface area contributed by atoms with Crippen molar-refractivity contribution < 1.29 is 22.7 Å². The zero-order valence-corrected chi connectivity index (χ0v) is 24.2. The highest BCUT2D eigenvalue weighted by molar-refractivity contribution is 7.92. The number of ether oxygens (including phenoxy) is 1. The lowest BCUT2D eigenvalue weighted by Gasteiger charge is -2.32. The van der Waals surface area contributed by atoms with Crippen LogP contribution in [0.2, 0.25) is 10.0 Å². The molecule has 0 aliphatic carbocycles. The van der Waals surface area contributed by atoms with Crippen LogP contribution in [0, 0.1) is 0 Å². The van der Waals surface area contributed by atoms with Crippen molar-refractivity contribution in [2.24, 2.45) is 0 Å². The van der Waals surface area contributed by atoms with E-state index in [0.717, 1.165) is 6.26 Å². The van der Waals surface area contributed by atoms with Crippen molar-refractivity contribution in [1.82, 2.24) is 10.2 Å². The van der Waals surface area contributed by atoms with Gasteiger partial charge in [0.15, 0.2) is 0 Å². The van der Waals surface area contributed by atoms with E-state index >= 15 is 0 Å². The highest BCUT2D eigenvalue weighted by atomic mass is 35.5. The third-order valence-corrected chi connectivity index (χ3v) is 7.62. The number of hydrogen-bond donors (Lipinski definition) is 1. The molecule has 0 bridgehead atoms. The van der Waals surface area contributed by atoms with Gasteiger partial charge in [0.1, 0.15) is 11.8 Å². The zero-order chi connectivity index (χ0) is 27.8. The summed E-state index contributed by atoms with van der Waals surface area (Å²) in [4.78, 5) is 27.9. The molecule has 1 N–H and O–H groups in total. The first-order valence-corrected chi connectivity index (χ1v) is 14.6. The Morgan fingerprint density at radius 1 is 1.05 bits per heavy atom. The molecule has 1 unspecified atom stereocenters. The molecule has 204 valence electrons. The number of halogens is 2. The van der Waals surface area contributed by atoms with E-state index < -0.39 is 16.1 Å². The zero-order valence-electron chi connectivity index (χ0n) is 21.8. The third kappa shape index (κ3) is 8.79. The summed E-state index contributed by atoms with van der Waals surface area (Å²) in [6.45, 7) is 5.66. The van der Waals surface area contributed by atoms with Crippen LogP contribution in [-0.4, -0.2) is 57.1 Å². The molecule has 2 rings (SSSR count). The van der Waals surface area contributed by atoms with Crippen molar-refractivity contribution >= 4 is 50.7 Å². The lowest BCUT2D eigenvalue weighted by molar-refractivity contribution is -0.141. The van der Waals surface area contributed by atoms with Crippen LogP contribution in [-0.2, 0) is 26.2 Å². The molecule has 37 heavy (non-hydrogen) atoms. The summed E-state index contributed by atoms with van der Waals surface area (Å²) in [6, 6.07) is 10.9. The summed E-state index contributed by atoms with van der Waals surface area (Å²) < 4.78 is 31.3. The van der Waals surface area contributed by atoms with Crippen LogP contribution in [0.15, 0.2) is 42.5 Å². The molecular formula is C26H35Cl2N3O5S. The summed E-state index contributed by atoms with van der Waals surface area (Å²) in [5, 5.41) is 3.66. The molecule has 1 atom stereocenters. The lowest BCUT2D eigenvalue weighted by atomic mass is 10.1. The number of hydrogen-bond acceptors (Lipinski definition) is 5. The second kappa shape index (κ2) is 13.9. The Kier molecular flexibility index (Phi) is 11.5. The molecule has 2 amide bonds. The van der Waals surface area contributed by atoms with Crippen LogP contribution in [0.5, 0.6) is 5.75 Å². The van der Waals surface area contributed by atoms with E-state index in [0.29, 0.717) is 33.5 Å². The minimum absolute atomic E-state index is 0.0235. The van der Waals surface area contributed by atoms with Gasteiger partial charge in [0.25, 0.3) is 0 Å². The summed E-state index contributed by atoms with van der Waals surface area (Å²) in [7, 11) is -2.07. The Balaban J connectivity index is 2.26. The number of benzene rings is 2. The molecular weight excluding hydrogens is 537 g/mol. The smallest absolute Gasteiger partial charge is 0.243 e. The summed E-state index contributed by atoms with van der Waals surface area (Å²) >= 11 is 12.7. The largest absolute Gasteiger partial charge is 0.497 e. The fourth-order valence-electron chi connectivity index (χ4n) is 3.91. The SMILES string of the molecule is CCC(C(=O)NC(C)C)N(Cc1c(Cl)cccc1Cl)C(=O)CCCN(c1ccc(OC)cc1)S(C)(=O)=O. The number of carbonyl (C=O) groups excluding carboxylic acids is 2. The van der Waals surface area contributed by atoms with Gasteiger partial charge in [0.2, 0.25) is 21.8 Å². The number of nitrogens with one attached hydrogen (secondary N) is 1. The summed E-state index contributed by atoms with van der Waals surface area (Å²) in [5.41, 5.74) is 1.02. The van der Waals surface area contributed by atoms with Crippen molar-refractivity contribution in [3.63, 3.8) is 0 Å². The summed E-state index contributed by atoms with van der Waals surface area (Å²) in [5.74, 6) is 0.0291. The minimum atomic E-state index is -3.59. The molecule has 11 heteroatoms. The van der Waals surface area contributed by atoms with Gasteiger partial charge in [-0.3, -0.25) is 13.9 Å². The number of sulfonamides is 1. The second-order valence-corrected chi connectivity index (χ2v) is 11.7. The molecule has 0 radical (unpaired) electrons. The van der Waals surface area contributed by atoms with Crippen LogP contribution in [0.1, 0.15) is 45.6 Å². The monoisotopic (exact) mass is 571 g/mol. The average Bonchev–Trinajstić information content (AvgIpc) is 2.82. The van der Waals surface area contributed by atoms with E-state index in [2.05, 4.69) is 5.32 Å². The average molecular weight is 573 g/mol. The first-order chi connectivity index (χ1) is 17.4. The number of carbonyl (C=O) groups is 2. The normalized spacial score (nSPS) is 12.2. The Bertz CT molecular complexity index is 1150. The van der Waals surface area contributed by atoms with Gasteiger partial charge in [0, 0.05) is 41.2 Å².